The lowest BCUT2D eigenvalue weighted by molar-refractivity contribution is -0.119. The summed E-state index contributed by atoms with van der Waals surface area (Å²) in [7, 11) is 0. The first-order chi connectivity index (χ1) is 11.6. The van der Waals surface area contributed by atoms with Crippen LogP contribution in [0, 0.1) is 0 Å². The van der Waals surface area contributed by atoms with Gasteiger partial charge in [0.05, 0.1) is 12.7 Å². The second-order valence-electron chi connectivity index (χ2n) is 5.93. The minimum atomic E-state index is -0.0970. The molecule has 1 unspecified atom stereocenters. The molecule has 1 aromatic carbocycles. The first-order valence-electron chi connectivity index (χ1n) is 8.46. The van der Waals surface area contributed by atoms with Crippen LogP contribution in [0.1, 0.15) is 42.1 Å². The van der Waals surface area contributed by atoms with E-state index in [0.29, 0.717) is 31.9 Å². The van der Waals surface area contributed by atoms with Gasteiger partial charge in [0, 0.05) is 38.8 Å². The van der Waals surface area contributed by atoms with Gasteiger partial charge in [-0.15, -0.1) is 0 Å². The summed E-state index contributed by atoms with van der Waals surface area (Å²) in [6.45, 7) is 4.64. The van der Waals surface area contributed by atoms with E-state index in [9.17, 15) is 9.59 Å². The van der Waals surface area contributed by atoms with Crippen molar-refractivity contribution in [2.24, 2.45) is 0 Å². The summed E-state index contributed by atoms with van der Waals surface area (Å²) in [5.41, 5.74) is 1.58. The number of ether oxygens (including phenoxy) is 2. The van der Waals surface area contributed by atoms with Crippen molar-refractivity contribution in [1.29, 1.82) is 0 Å². The van der Waals surface area contributed by atoms with E-state index >= 15 is 0 Å². The lowest BCUT2D eigenvalue weighted by Gasteiger charge is -2.10. The average molecular weight is 334 g/mol. The second-order valence-corrected chi connectivity index (χ2v) is 5.93. The van der Waals surface area contributed by atoms with Crippen LogP contribution in [0.4, 0.5) is 0 Å². The van der Waals surface area contributed by atoms with Crippen molar-refractivity contribution in [2.75, 3.05) is 26.4 Å². The number of carbonyl (C=O) groups excluding carboxylic acids is 2. The van der Waals surface area contributed by atoms with E-state index in [-0.39, 0.29) is 17.9 Å². The number of nitrogens with one attached hydrogen (secondary N) is 2. The van der Waals surface area contributed by atoms with Gasteiger partial charge < -0.3 is 20.1 Å². The molecular weight excluding hydrogens is 308 g/mol. The maximum atomic E-state index is 12.0. The molecule has 0 saturated carbocycles. The number of carbonyl (C=O) groups is 2. The van der Waals surface area contributed by atoms with Crippen LogP contribution in [0.3, 0.4) is 0 Å². The largest absolute Gasteiger partial charge is 0.379 e. The Hall–Kier alpha value is -1.92. The third kappa shape index (κ3) is 6.68. The van der Waals surface area contributed by atoms with Crippen LogP contribution < -0.4 is 10.6 Å². The summed E-state index contributed by atoms with van der Waals surface area (Å²) in [5.74, 6) is -0.168. The van der Waals surface area contributed by atoms with Gasteiger partial charge in [0.25, 0.3) is 5.91 Å². The van der Waals surface area contributed by atoms with Crippen LogP contribution >= 0.6 is 0 Å². The van der Waals surface area contributed by atoms with Gasteiger partial charge in [0.2, 0.25) is 5.91 Å². The summed E-state index contributed by atoms with van der Waals surface area (Å²) in [4.78, 5) is 22.9. The van der Waals surface area contributed by atoms with Gasteiger partial charge in [0.15, 0.2) is 0 Å². The first-order valence-corrected chi connectivity index (χ1v) is 8.46. The van der Waals surface area contributed by atoms with E-state index in [1.54, 1.807) is 12.1 Å². The van der Waals surface area contributed by atoms with Gasteiger partial charge in [-0.25, -0.2) is 0 Å². The third-order valence-electron chi connectivity index (χ3n) is 3.84. The van der Waals surface area contributed by atoms with E-state index in [2.05, 4.69) is 10.6 Å². The molecule has 1 fully saturated rings. The van der Waals surface area contributed by atoms with Crippen molar-refractivity contribution in [2.45, 2.75) is 38.8 Å². The molecule has 1 saturated heterocycles. The van der Waals surface area contributed by atoms with Crippen LogP contribution in [0.2, 0.25) is 0 Å². The Morgan fingerprint density at radius 3 is 2.71 bits per heavy atom. The van der Waals surface area contributed by atoms with E-state index in [1.807, 2.05) is 12.1 Å². The predicted molar refractivity (Wildman–Crippen MR) is 90.7 cm³/mol. The summed E-state index contributed by atoms with van der Waals surface area (Å²) < 4.78 is 11.0. The van der Waals surface area contributed by atoms with E-state index < -0.39 is 0 Å². The predicted octanol–water partition coefficient (Wildman–Crippen LogP) is 1.64. The Bertz CT molecular complexity index is 524. The molecule has 2 rings (SSSR count). The van der Waals surface area contributed by atoms with Crippen molar-refractivity contribution >= 4 is 11.8 Å². The fourth-order valence-corrected chi connectivity index (χ4v) is 2.47. The Morgan fingerprint density at radius 2 is 2.04 bits per heavy atom. The van der Waals surface area contributed by atoms with E-state index in [4.69, 9.17) is 9.47 Å². The molecule has 6 heteroatoms. The Morgan fingerprint density at radius 1 is 1.25 bits per heavy atom. The SMILES string of the molecule is CC(=O)NCc1ccc(C(=O)NCCCOCC2CCCO2)cc1. The van der Waals surface area contributed by atoms with Gasteiger partial charge in [0.1, 0.15) is 0 Å². The van der Waals surface area contributed by atoms with Crippen molar-refractivity contribution in [3.05, 3.63) is 35.4 Å². The summed E-state index contributed by atoms with van der Waals surface area (Å²) in [5, 5.41) is 5.60. The normalized spacial score (nSPS) is 16.8. The van der Waals surface area contributed by atoms with Crippen molar-refractivity contribution in [1.82, 2.24) is 10.6 Å². The summed E-state index contributed by atoms with van der Waals surface area (Å²) in [6, 6.07) is 7.21. The highest BCUT2D eigenvalue weighted by atomic mass is 16.5. The summed E-state index contributed by atoms with van der Waals surface area (Å²) in [6.07, 6.45) is 3.22. The van der Waals surface area contributed by atoms with Gasteiger partial charge >= 0.3 is 0 Å². The standard InChI is InChI=1S/C18H26N2O4/c1-14(21)20-12-15-5-7-16(8-6-15)18(22)19-9-3-10-23-13-17-4-2-11-24-17/h5-8,17H,2-4,9-13H2,1H3,(H,19,22)(H,20,21). The summed E-state index contributed by atoms with van der Waals surface area (Å²) >= 11 is 0. The van der Waals surface area contributed by atoms with Crippen molar-refractivity contribution in [3.8, 4) is 0 Å². The molecular formula is C18H26N2O4. The molecule has 132 valence electrons. The fraction of sp³-hybridized carbons (Fsp3) is 0.556. The van der Waals surface area contributed by atoms with Crippen LogP contribution in [0.15, 0.2) is 24.3 Å². The molecule has 0 bridgehead atoms. The molecule has 2 N–H and O–H groups in total. The lowest BCUT2D eigenvalue weighted by atomic mass is 10.1. The van der Waals surface area contributed by atoms with Crippen LogP contribution in [0.25, 0.3) is 0 Å². The second kappa shape index (κ2) is 10.1. The quantitative estimate of drug-likeness (QED) is 0.673. The van der Waals surface area contributed by atoms with Gasteiger partial charge in [-0.3, -0.25) is 9.59 Å². The molecule has 0 aliphatic carbocycles. The molecule has 6 nitrogen and oxygen atoms in total. The molecule has 1 aliphatic heterocycles. The Labute approximate surface area is 142 Å². The number of benzene rings is 1. The number of hydrogen-bond acceptors (Lipinski definition) is 4. The molecule has 1 heterocycles. The number of hydrogen-bond donors (Lipinski definition) is 2. The van der Waals surface area contributed by atoms with E-state index in [1.165, 1.54) is 6.92 Å². The minimum absolute atomic E-state index is 0.0708. The highest BCUT2D eigenvalue weighted by molar-refractivity contribution is 5.94. The van der Waals surface area contributed by atoms with Gasteiger partial charge in [-0.1, -0.05) is 12.1 Å². The van der Waals surface area contributed by atoms with Crippen molar-refractivity contribution in [3.63, 3.8) is 0 Å². The van der Waals surface area contributed by atoms with Crippen molar-refractivity contribution < 1.29 is 19.1 Å². The molecule has 1 aliphatic rings. The molecule has 1 aromatic rings. The average Bonchev–Trinajstić information content (AvgIpc) is 3.09. The Balaban J connectivity index is 1.58. The zero-order chi connectivity index (χ0) is 17.2. The smallest absolute Gasteiger partial charge is 0.251 e. The zero-order valence-corrected chi connectivity index (χ0v) is 14.2. The maximum absolute atomic E-state index is 12.0. The maximum Gasteiger partial charge on any atom is 0.251 e. The molecule has 24 heavy (non-hydrogen) atoms. The molecule has 2 amide bonds. The minimum Gasteiger partial charge on any atom is -0.379 e. The Kier molecular flexibility index (Phi) is 7.71. The molecule has 0 aromatic heterocycles. The number of amides is 2. The molecule has 0 spiro atoms. The third-order valence-corrected chi connectivity index (χ3v) is 3.84. The van der Waals surface area contributed by atoms with Crippen LogP contribution in [-0.2, 0) is 20.8 Å². The molecule has 1 atom stereocenters. The fourth-order valence-electron chi connectivity index (χ4n) is 2.47. The van der Waals surface area contributed by atoms with Crippen LogP contribution in [-0.4, -0.2) is 44.3 Å². The monoisotopic (exact) mass is 334 g/mol. The number of rotatable bonds is 9. The zero-order valence-electron chi connectivity index (χ0n) is 14.2. The van der Waals surface area contributed by atoms with Gasteiger partial charge in [-0.2, -0.15) is 0 Å². The first kappa shape index (κ1) is 18.4. The highest BCUT2D eigenvalue weighted by Gasteiger charge is 2.14. The molecule has 0 radical (unpaired) electrons. The lowest BCUT2D eigenvalue weighted by Crippen LogP contribution is -2.25. The van der Waals surface area contributed by atoms with Crippen LogP contribution in [0.5, 0.6) is 0 Å². The van der Waals surface area contributed by atoms with Gasteiger partial charge in [-0.05, 0) is 37.0 Å². The topological polar surface area (TPSA) is 76.7 Å². The highest BCUT2D eigenvalue weighted by Crippen LogP contribution is 2.11. The van der Waals surface area contributed by atoms with E-state index in [0.717, 1.165) is 31.4 Å².